The van der Waals surface area contributed by atoms with Crippen LogP contribution in [0.4, 0.5) is 4.39 Å². The summed E-state index contributed by atoms with van der Waals surface area (Å²) in [6.07, 6.45) is 4.28. The molecule has 108 valence electrons. The summed E-state index contributed by atoms with van der Waals surface area (Å²) in [5.41, 5.74) is 1.46. The summed E-state index contributed by atoms with van der Waals surface area (Å²) in [6, 6.07) is 16.0. The molecule has 0 saturated carbocycles. The maximum absolute atomic E-state index is 13.6. The number of halogens is 1. The van der Waals surface area contributed by atoms with E-state index in [0.717, 1.165) is 5.56 Å². The van der Waals surface area contributed by atoms with Crippen molar-refractivity contribution in [2.45, 2.75) is 12.8 Å². The predicted octanol–water partition coefficient (Wildman–Crippen LogP) is 4.17. The van der Waals surface area contributed by atoms with Gasteiger partial charge in [0.15, 0.2) is 0 Å². The minimum atomic E-state index is -0.907. The van der Waals surface area contributed by atoms with Crippen LogP contribution in [0.3, 0.4) is 0 Å². The van der Waals surface area contributed by atoms with Crippen molar-refractivity contribution in [1.29, 1.82) is 0 Å². The third kappa shape index (κ3) is 4.56. The van der Waals surface area contributed by atoms with E-state index in [0.29, 0.717) is 12.0 Å². The summed E-state index contributed by atoms with van der Waals surface area (Å²) in [6.45, 7) is 0. The molecule has 0 aliphatic rings. The monoisotopic (exact) mass is 284 g/mol. The van der Waals surface area contributed by atoms with Crippen LogP contribution < -0.4 is 0 Å². The van der Waals surface area contributed by atoms with Gasteiger partial charge in [0, 0.05) is 0 Å². The van der Waals surface area contributed by atoms with E-state index in [1.807, 2.05) is 42.5 Å². The average molecular weight is 284 g/mol. The molecule has 0 radical (unpaired) electrons. The third-order valence-corrected chi connectivity index (χ3v) is 3.30. The normalized spacial score (nSPS) is 12.4. The number of benzene rings is 2. The summed E-state index contributed by atoms with van der Waals surface area (Å²) >= 11 is 0. The molecule has 0 heterocycles. The fourth-order valence-corrected chi connectivity index (χ4v) is 2.13. The Labute approximate surface area is 123 Å². The number of carbonyl (C=O) groups is 1. The molecule has 21 heavy (non-hydrogen) atoms. The van der Waals surface area contributed by atoms with Gasteiger partial charge >= 0.3 is 5.97 Å². The van der Waals surface area contributed by atoms with Gasteiger partial charge in [-0.15, -0.1) is 0 Å². The Morgan fingerprint density at radius 3 is 2.43 bits per heavy atom. The second kappa shape index (κ2) is 7.39. The zero-order valence-electron chi connectivity index (χ0n) is 11.6. The van der Waals surface area contributed by atoms with Gasteiger partial charge in [-0.2, -0.15) is 0 Å². The highest BCUT2D eigenvalue weighted by Gasteiger charge is 2.18. The largest absolute Gasteiger partial charge is 0.481 e. The van der Waals surface area contributed by atoms with Gasteiger partial charge in [-0.3, -0.25) is 4.79 Å². The fourth-order valence-electron chi connectivity index (χ4n) is 2.13. The predicted molar refractivity (Wildman–Crippen MR) is 81.3 cm³/mol. The van der Waals surface area contributed by atoms with Crippen LogP contribution in [-0.2, 0) is 11.2 Å². The van der Waals surface area contributed by atoms with Gasteiger partial charge in [0.05, 0.1) is 5.92 Å². The van der Waals surface area contributed by atoms with E-state index < -0.39 is 11.9 Å². The first-order chi connectivity index (χ1) is 10.2. The molecule has 3 heteroatoms. The van der Waals surface area contributed by atoms with Crippen molar-refractivity contribution in [2.75, 3.05) is 0 Å². The number of hydrogen-bond acceptors (Lipinski definition) is 1. The number of hydrogen-bond donors (Lipinski definition) is 1. The van der Waals surface area contributed by atoms with Crippen molar-refractivity contribution >= 4 is 12.0 Å². The molecule has 1 atom stereocenters. The third-order valence-electron chi connectivity index (χ3n) is 3.30. The number of allylic oxidation sites excluding steroid dienone is 1. The van der Waals surface area contributed by atoms with E-state index in [4.69, 9.17) is 0 Å². The molecule has 1 unspecified atom stereocenters. The minimum absolute atomic E-state index is 0.196. The molecule has 0 aromatic heterocycles. The number of carboxylic acid groups (broad SMARTS) is 1. The second-order valence-electron chi connectivity index (χ2n) is 4.88. The highest BCUT2D eigenvalue weighted by molar-refractivity contribution is 5.71. The number of carboxylic acids is 1. The average Bonchev–Trinajstić information content (AvgIpc) is 2.49. The summed E-state index contributed by atoms with van der Waals surface area (Å²) in [4.78, 5) is 11.3. The molecule has 0 aliphatic carbocycles. The van der Waals surface area contributed by atoms with Crippen LogP contribution in [0.1, 0.15) is 17.5 Å². The lowest BCUT2D eigenvalue weighted by atomic mass is 9.95. The minimum Gasteiger partial charge on any atom is -0.481 e. The summed E-state index contributed by atoms with van der Waals surface area (Å²) < 4.78 is 13.6. The first-order valence-electron chi connectivity index (χ1n) is 6.84. The Balaban J connectivity index is 2.02. The Morgan fingerprint density at radius 2 is 1.76 bits per heavy atom. The summed E-state index contributed by atoms with van der Waals surface area (Å²) in [5, 5.41) is 9.27. The van der Waals surface area contributed by atoms with Crippen LogP contribution in [-0.4, -0.2) is 11.1 Å². The molecule has 2 rings (SSSR count). The number of rotatable bonds is 6. The van der Waals surface area contributed by atoms with Crippen molar-refractivity contribution in [3.05, 3.63) is 77.6 Å². The Hall–Kier alpha value is -2.42. The van der Waals surface area contributed by atoms with Gasteiger partial charge in [0.25, 0.3) is 0 Å². The molecule has 2 aromatic rings. The Kier molecular flexibility index (Phi) is 5.27. The van der Waals surface area contributed by atoms with Crippen molar-refractivity contribution in [3.8, 4) is 0 Å². The van der Waals surface area contributed by atoms with Crippen LogP contribution in [0.25, 0.3) is 6.08 Å². The highest BCUT2D eigenvalue weighted by atomic mass is 19.1. The van der Waals surface area contributed by atoms with E-state index in [9.17, 15) is 14.3 Å². The van der Waals surface area contributed by atoms with Crippen molar-refractivity contribution in [2.24, 2.45) is 5.92 Å². The Bertz CT molecular complexity index is 620. The number of aliphatic carboxylic acids is 1. The van der Waals surface area contributed by atoms with Crippen molar-refractivity contribution < 1.29 is 14.3 Å². The molecule has 0 saturated heterocycles. The lowest BCUT2D eigenvalue weighted by molar-refractivity contribution is -0.141. The van der Waals surface area contributed by atoms with Crippen molar-refractivity contribution in [3.63, 3.8) is 0 Å². The highest BCUT2D eigenvalue weighted by Crippen LogP contribution is 2.17. The van der Waals surface area contributed by atoms with Gasteiger partial charge in [0.1, 0.15) is 5.82 Å². The van der Waals surface area contributed by atoms with Crippen LogP contribution in [0.5, 0.6) is 0 Å². The summed E-state index contributed by atoms with van der Waals surface area (Å²) in [5.74, 6) is -1.88. The van der Waals surface area contributed by atoms with E-state index in [1.54, 1.807) is 18.2 Å². The molecule has 0 fully saturated rings. The molecule has 1 N–H and O–H groups in total. The molecular formula is C18H17FO2. The zero-order valence-corrected chi connectivity index (χ0v) is 11.6. The van der Waals surface area contributed by atoms with E-state index in [2.05, 4.69) is 0 Å². The smallest absolute Gasteiger partial charge is 0.307 e. The molecule has 0 aliphatic heterocycles. The zero-order chi connectivity index (χ0) is 15.1. The Morgan fingerprint density at radius 1 is 1.10 bits per heavy atom. The molecule has 0 spiro atoms. The van der Waals surface area contributed by atoms with E-state index in [1.165, 1.54) is 6.07 Å². The topological polar surface area (TPSA) is 37.3 Å². The van der Waals surface area contributed by atoms with Crippen LogP contribution >= 0.6 is 0 Å². The SMILES string of the molecule is O=C(O)C(CC=Cc1ccccc1)Cc1ccccc1F. The molecule has 2 aromatic carbocycles. The molecule has 0 amide bonds. The first kappa shape index (κ1) is 15.0. The second-order valence-corrected chi connectivity index (χ2v) is 4.88. The maximum Gasteiger partial charge on any atom is 0.307 e. The van der Waals surface area contributed by atoms with Gasteiger partial charge < -0.3 is 5.11 Å². The maximum atomic E-state index is 13.6. The van der Waals surface area contributed by atoms with Crippen LogP contribution in [0, 0.1) is 11.7 Å². The van der Waals surface area contributed by atoms with Crippen LogP contribution in [0.2, 0.25) is 0 Å². The van der Waals surface area contributed by atoms with Gasteiger partial charge in [-0.05, 0) is 30.0 Å². The fraction of sp³-hybridized carbons (Fsp3) is 0.167. The van der Waals surface area contributed by atoms with Gasteiger partial charge in [-0.1, -0.05) is 60.7 Å². The first-order valence-corrected chi connectivity index (χ1v) is 6.84. The van der Waals surface area contributed by atoms with Crippen molar-refractivity contribution in [1.82, 2.24) is 0 Å². The molecule has 0 bridgehead atoms. The van der Waals surface area contributed by atoms with E-state index in [-0.39, 0.29) is 12.2 Å². The van der Waals surface area contributed by atoms with Gasteiger partial charge in [-0.25, -0.2) is 4.39 Å². The van der Waals surface area contributed by atoms with Crippen LogP contribution in [0.15, 0.2) is 60.7 Å². The standard InChI is InChI=1S/C18H17FO2/c19-17-12-5-4-10-15(17)13-16(18(20)21)11-6-9-14-7-2-1-3-8-14/h1-10,12,16H,11,13H2,(H,20,21). The molecule has 2 nitrogen and oxygen atoms in total. The lowest BCUT2D eigenvalue weighted by Crippen LogP contribution is -2.16. The lowest BCUT2D eigenvalue weighted by Gasteiger charge is -2.10. The summed E-state index contributed by atoms with van der Waals surface area (Å²) in [7, 11) is 0. The quantitative estimate of drug-likeness (QED) is 0.864. The van der Waals surface area contributed by atoms with Gasteiger partial charge in [0.2, 0.25) is 0 Å². The van der Waals surface area contributed by atoms with E-state index >= 15 is 0 Å². The molecular weight excluding hydrogens is 267 g/mol.